The van der Waals surface area contributed by atoms with Gasteiger partial charge in [0, 0.05) is 13.7 Å². The largest absolute Gasteiger partial charge is 0.385 e. The first kappa shape index (κ1) is 10.9. The van der Waals surface area contributed by atoms with Crippen LogP contribution < -0.4 is 5.32 Å². The molecule has 0 heterocycles. The highest BCUT2D eigenvalue weighted by Crippen LogP contribution is 1.95. The molecule has 68 valence electrons. The van der Waals surface area contributed by atoms with Crippen LogP contribution in [0.15, 0.2) is 0 Å². The summed E-state index contributed by atoms with van der Waals surface area (Å²) in [4.78, 5) is 0. The molecule has 0 saturated carbocycles. The van der Waals surface area contributed by atoms with Crippen molar-refractivity contribution in [1.29, 1.82) is 0 Å². The highest BCUT2D eigenvalue weighted by Gasteiger charge is 1.92. The fourth-order valence-corrected chi connectivity index (χ4v) is 0.857. The number of hydrogen-bond donors (Lipinski definition) is 1. The second kappa shape index (κ2) is 8.02. The average molecular weight is 159 g/mol. The van der Waals surface area contributed by atoms with Gasteiger partial charge in [0.15, 0.2) is 0 Å². The molecule has 0 atom stereocenters. The van der Waals surface area contributed by atoms with Gasteiger partial charge < -0.3 is 10.1 Å². The van der Waals surface area contributed by atoms with Crippen LogP contribution in [0.25, 0.3) is 0 Å². The molecule has 0 aliphatic rings. The second-order valence-corrected chi connectivity index (χ2v) is 3.28. The van der Waals surface area contributed by atoms with Gasteiger partial charge in [-0.25, -0.2) is 0 Å². The van der Waals surface area contributed by atoms with Crippen molar-refractivity contribution in [3.05, 3.63) is 0 Å². The van der Waals surface area contributed by atoms with Gasteiger partial charge in [-0.1, -0.05) is 13.8 Å². The maximum absolute atomic E-state index is 4.93. The van der Waals surface area contributed by atoms with Crippen molar-refractivity contribution in [2.24, 2.45) is 5.92 Å². The Morgan fingerprint density at radius 1 is 1.27 bits per heavy atom. The molecule has 0 unspecified atom stereocenters. The molecule has 0 fully saturated rings. The summed E-state index contributed by atoms with van der Waals surface area (Å²) in [7, 11) is 1.74. The Kier molecular flexibility index (Phi) is 7.96. The van der Waals surface area contributed by atoms with E-state index in [4.69, 9.17) is 4.74 Å². The predicted molar refractivity (Wildman–Crippen MR) is 48.8 cm³/mol. The third-order valence-corrected chi connectivity index (χ3v) is 1.60. The number of methoxy groups -OCH3 is 1. The summed E-state index contributed by atoms with van der Waals surface area (Å²) in [6.45, 7) is 7.59. The van der Waals surface area contributed by atoms with Crippen LogP contribution in [-0.4, -0.2) is 26.8 Å². The summed E-state index contributed by atoms with van der Waals surface area (Å²) >= 11 is 0. The zero-order chi connectivity index (χ0) is 8.53. The molecule has 0 saturated heterocycles. The van der Waals surface area contributed by atoms with Crippen LogP contribution >= 0.6 is 0 Å². The first-order valence-corrected chi connectivity index (χ1v) is 4.47. The van der Waals surface area contributed by atoms with Crippen molar-refractivity contribution in [1.82, 2.24) is 5.32 Å². The smallest absolute Gasteiger partial charge is 0.0474 e. The highest BCUT2D eigenvalue weighted by molar-refractivity contribution is 4.50. The maximum Gasteiger partial charge on any atom is 0.0474 e. The van der Waals surface area contributed by atoms with Crippen molar-refractivity contribution in [3.8, 4) is 0 Å². The van der Waals surface area contributed by atoms with E-state index >= 15 is 0 Å². The van der Waals surface area contributed by atoms with Gasteiger partial charge in [-0.3, -0.25) is 0 Å². The Hall–Kier alpha value is -0.0800. The molecule has 0 spiro atoms. The summed E-state index contributed by atoms with van der Waals surface area (Å²) < 4.78 is 4.93. The quantitative estimate of drug-likeness (QED) is 0.570. The Labute approximate surface area is 70.3 Å². The van der Waals surface area contributed by atoms with E-state index in [9.17, 15) is 0 Å². The van der Waals surface area contributed by atoms with Crippen LogP contribution in [0.1, 0.15) is 26.7 Å². The molecule has 0 aliphatic heterocycles. The molecule has 11 heavy (non-hydrogen) atoms. The topological polar surface area (TPSA) is 21.3 Å². The maximum atomic E-state index is 4.93. The third-order valence-electron chi connectivity index (χ3n) is 1.60. The Balaban J connectivity index is 2.80. The molecule has 0 aliphatic carbocycles. The van der Waals surface area contributed by atoms with Crippen LogP contribution in [0.5, 0.6) is 0 Å². The van der Waals surface area contributed by atoms with Gasteiger partial charge in [-0.15, -0.1) is 0 Å². The first-order valence-electron chi connectivity index (χ1n) is 4.47. The molecule has 0 radical (unpaired) electrons. The minimum atomic E-state index is 0.810. The van der Waals surface area contributed by atoms with E-state index in [1.807, 2.05) is 0 Å². The van der Waals surface area contributed by atoms with Gasteiger partial charge >= 0.3 is 0 Å². The van der Waals surface area contributed by atoms with Crippen molar-refractivity contribution in [2.75, 3.05) is 26.8 Å². The lowest BCUT2D eigenvalue weighted by molar-refractivity contribution is 0.194. The fraction of sp³-hybridized carbons (Fsp3) is 1.00. The number of nitrogens with one attached hydrogen (secondary N) is 1. The fourth-order valence-electron chi connectivity index (χ4n) is 0.857. The Bertz CT molecular complexity index is 74.0. The molecule has 0 aromatic heterocycles. The highest BCUT2D eigenvalue weighted by atomic mass is 16.5. The summed E-state index contributed by atoms with van der Waals surface area (Å²) in [6, 6.07) is 0. The lowest BCUT2D eigenvalue weighted by atomic mass is 10.1. The standard InChI is InChI=1S/C9H21NO/c1-9(2)5-7-10-6-4-8-11-3/h9-10H,4-8H2,1-3H3. The Morgan fingerprint density at radius 3 is 2.55 bits per heavy atom. The van der Waals surface area contributed by atoms with E-state index in [2.05, 4.69) is 19.2 Å². The van der Waals surface area contributed by atoms with E-state index < -0.39 is 0 Å². The van der Waals surface area contributed by atoms with Gasteiger partial charge in [0.05, 0.1) is 0 Å². The molecule has 0 amide bonds. The molecule has 2 nitrogen and oxygen atoms in total. The summed E-state index contributed by atoms with van der Waals surface area (Å²) in [5.41, 5.74) is 0. The van der Waals surface area contributed by atoms with Gasteiger partial charge in [0.25, 0.3) is 0 Å². The van der Waals surface area contributed by atoms with E-state index in [-0.39, 0.29) is 0 Å². The molecule has 0 aromatic carbocycles. The minimum absolute atomic E-state index is 0.810. The normalized spacial score (nSPS) is 10.9. The van der Waals surface area contributed by atoms with Crippen LogP contribution in [0.3, 0.4) is 0 Å². The minimum Gasteiger partial charge on any atom is -0.385 e. The summed E-state index contributed by atoms with van der Waals surface area (Å²) in [5.74, 6) is 0.810. The number of rotatable bonds is 7. The van der Waals surface area contributed by atoms with Crippen LogP contribution in [-0.2, 0) is 4.74 Å². The Morgan fingerprint density at radius 2 is 2.00 bits per heavy atom. The monoisotopic (exact) mass is 159 g/mol. The van der Waals surface area contributed by atoms with Gasteiger partial charge in [0.2, 0.25) is 0 Å². The third kappa shape index (κ3) is 9.92. The number of ether oxygens (including phenoxy) is 1. The van der Waals surface area contributed by atoms with Gasteiger partial charge in [0.1, 0.15) is 0 Å². The SMILES string of the molecule is COCCCNCCC(C)C. The molecule has 0 rings (SSSR count). The van der Waals surface area contributed by atoms with Crippen molar-refractivity contribution >= 4 is 0 Å². The lowest BCUT2D eigenvalue weighted by Gasteiger charge is -2.05. The van der Waals surface area contributed by atoms with E-state index in [1.165, 1.54) is 6.42 Å². The van der Waals surface area contributed by atoms with Gasteiger partial charge in [-0.05, 0) is 31.8 Å². The molecule has 0 bridgehead atoms. The molecule has 0 aromatic rings. The van der Waals surface area contributed by atoms with E-state index in [0.717, 1.165) is 32.0 Å². The van der Waals surface area contributed by atoms with Gasteiger partial charge in [-0.2, -0.15) is 0 Å². The predicted octanol–water partition coefficient (Wildman–Crippen LogP) is 1.66. The number of hydrogen-bond acceptors (Lipinski definition) is 2. The average Bonchev–Trinajstić information content (AvgIpc) is 1.96. The molecule has 1 N–H and O–H groups in total. The van der Waals surface area contributed by atoms with Crippen LogP contribution in [0.4, 0.5) is 0 Å². The van der Waals surface area contributed by atoms with E-state index in [1.54, 1.807) is 7.11 Å². The van der Waals surface area contributed by atoms with Crippen LogP contribution in [0.2, 0.25) is 0 Å². The van der Waals surface area contributed by atoms with Crippen molar-refractivity contribution in [3.63, 3.8) is 0 Å². The zero-order valence-corrected chi connectivity index (χ0v) is 8.02. The molecular formula is C9H21NO. The van der Waals surface area contributed by atoms with Crippen LogP contribution in [0, 0.1) is 5.92 Å². The van der Waals surface area contributed by atoms with Crippen molar-refractivity contribution in [2.45, 2.75) is 26.7 Å². The molecule has 2 heteroatoms. The lowest BCUT2D eigenvalue weighted by Crippen LogP contribution is -2.19. The van der Waals surface area contributed by atoms with E-state index in [0.29, 0.717) is 0 Å². The van der Waals surface area contributed by atoms with Crippen molar-refractivity contribution < 1.29 is 4.74 Å². The summed E-state index contributed by atoms with van der Waals surface area (Å²) in [6.07, 6.45) is 2.39. The summed E-state index contributed by atoms with van der Waals surface area (Å²) in [5, 5.41) is 3.37. The molecular weight excluding hydrogens is 138 g/mol. The first-order chi connectivity index (χ1) is 5.27. The zero-order valence-electron chi connectivity index (χ0n) is 8.02. The second-order valence-electron chi connectivity index (χ2n) is 3.28.